The molecule has 0 fully saturated rings. The van der Waals surface area contributed by atoms with E-state index in [9.17, 15) is 0 Å². The molecule has 0 unspecified atom stereocenters. The molecule has 0 aliphatic heterocycles. The number of hydrogen-bond donors (Lipinski definition) is 1. The zero-order valence-electron chi connectivity index (χ0n) is 8.09. The topological polar surface area (TPSA) is 74.2 Å². The summed E-state index contributed by atoms with van der Waals surface area (Å²) in [5, 5.41) is 0. The summed E-state index contributed by atoms with van der Waals surface area (Å²) in [7, 11) is 0. The molecule has 78 valence electrons. The molecular weight excluding hydrogens is 194 g/mol. The van der Waals surface area contributed by atoms with Crippen molar-refractivity contribution < 1.29 is 9.15 Å². The summed E-state index contributed by atoms with van der Waals surface area (Å²) in [5.74, 6) is 1.05. The lowest BCUT2D eigenvalue weighted by Gasteiger charge is -2.03. The van der Waals surface area contributed by atoms with Crippen molar-refractivity contribution in [1.29, 1.82) is 0 Å². The second-order valence-corrected chi connectivity index (χ2v) is 2.92. The average Bonchev–Trinajstić information content (AvgIpc) is 2.79. The smallest absolute Gasteiger partial charge is 0.232 e. The van der Waals surface area contributed by atoms with Gasteiger partial charge in [0.1, 0.15) is 6.26 Å². The molecule has 2 N–H and O–H groups in total. The quantitative estimate of drug-likeness (QED) is 0.809. The van der Waals surface area contributed by atoms with Crippen LogP contribution in [-0.4, -0.2) is 9.97 Å². The van der Waals surface area contributed by atoms with Gasteiger partial charge in [-0.2, -0.15) is 0 Å². The first-order valence-electron chi connectivity index (χ1n) is 4.54. The minimum Gasteiger partial charge on any atom is -0.468 e. The lowest BCUT2D eigenvalue weighted by atomic mass is 10.3. The second kappa shape index (κ2) is 4.56. The molecule has 15 heavy (non-hydrogen) atoms. The first-order valence-corrected chi connectivity index (χ1v) is 4.54. The van der Waals surface area contributed by atoms with Crippen molar-refractivity contribution in [2.75, 3.05) is 0 Å². The number of hydrogen-bond acceptors (Lipinski definition) is 5. The summed E-state index contributed by atoms with van der Waals surface area (Å²) in [6.45, 7) is 0.742. The number of pyridine rings is 1. The Morgan fingerprint density at radius 1 is 1.33 bits per heavy atom. The van der Waals surface area contributed by atoms with Gasteiger partial charge in [0.15, 0.2) is 6.61 Å². The molecule has 0 atom stereocenters. The SMILES string of the molecule is NCc1ccnc(OCc2ncco2)c1. The van der Waals surface area contributed by atoms with Crippen LogP contribution in [0.25, 0.3) is 0 Å². The predicted octanol–water partition coefficient (Wildman–Crippen LogP) is 1.11. The highest BCUT2D eigenvalue weighted by atomic mass is 16.5. The molecule has 2 aromatic heterocycles. The number of aromatic nitrogens is 2. The molecule has 0 aromatic carbocycles. The van der Waals surface area contributed by atoms with Crippen LogP contribution in [0.3, 0.4) is 0 Å². The van der Waals surface area contributed by atoms with Gasteiger partial charge in [0.25, 0.3) is 0 Å². The predicted molar refractivity (Wildman–Crippen MR) is 53.0 cm³/mol. The maximum Gasteiger partial charge on any atom is 0.232 e. The van der Waals surface area contributed by atoms with E-state index in [4.69, 9.17) is 14.9 Å². The Labute approximate surface area is 86.9 Å². The van der Waals surface area contributed by atoms with E-state index in [1.54, 1.807) is 18.5 Å². The summed E-state index contributed by atoms with van der Waals surface area (Å²) in [4.78, 5) is 7.97. The van der Waals surface area contributed by atoms with E-state index in [1.807, 2.05) is 6.07 Å². The third-order valence-electron chi connectivity index (χ3n) is 1.86. The Bertz CT molecular complexity index is 414. The van der Waals surface area contributed by atoms with Crippen LogP contribution < -0.4 is 10.5 Å². The Kier molecular flexibility index (Phi) is 2.94. The van der Waals surface area contributed by atoms with Gasteiger partial charge in [0.2, 0.25) is 11.8 Å². The standard InChI is InChI=1S/C10H11N3O2/c11-6-8-1-2-12-9(5-8)15-7-10-13-3-4-14-10/h1-5H,6-7,11H2. The van der Waals surface area contributed by atoms with Gasteiger partial charge in [-0.1, -0.05) is 0 Å². The third kappa shape index (κ3) is 2.54. The van der Waals surface area contributed by atoms with E-state index >= 15 is 0 Å². The number of nitrogens with two attached hydrogens (primary N) is 1. The molecule has 0 radical (unpaired) electrons. The number of ether oxygens (including phenoxy) is 1. The summed E-state index contributed by atoms with van der Waals surface area (Å²) in [5.41, 5.74) is 6.47. The van der Waals surface area contributed by atoms with Crippen molar-refractivity contribution in [3.8, 4) is 5.88 Å². The molecule has 5 nitrogen and oxygen atoms in total. The van der Waals surface area contributed by atoms with Crippen LogP contribution in [0.4, 0.5) is 0 Å². The summed E-state index contributed by atoms with van der Waals surface area (Å²) >= 11 is 0. The lowest BCUT2D eigenvalue weighted by Crippen LogP contribution is -2.00. The summed E-state index contributed by atoms with van der Waals surface area (Å²) < 4.78 is 10.4. The highest BCUT2D eigenvalue weighted by Gasteiger charge is 2.00. The van der Waals surface area contributed by atoms with Crippen molar-refractivity contribution >= 4 is 0 Å². The minimum absolute atomic E-state index is 0.272. The average molecular weight is 205 g/mol. The van der Waals surface area contributed by atoms with E-state index in [2.05, 4.69) is 9.97 Å². The number of rotatable bonds is 4. The number of oxazole rings is 1. The fraction of sp³-hybridized carbons (Fsp3) is 0.200. The fourth-order valence-corrected chi connectivity index (χ4v) is 1.12. The molecule has 5 heteroatoms. The first-order chi connectivity index (χ1) is 7.38. The molecule has 2 rings (SSSR count). The maximum absolute atomic E-state index is 5.50. The third-order valence-corrected chi connectivity index (χ3v) is 1.86. The van der Waals surface area contributed by atoms with Crippen LogP contribution in [0, 0.1) is 0 Å². The van der Waals surface area contributed by atoms with Crippen molar-refractivity contribution in [1.82, 2.24) is 9.97 Å². The molecule has 0 aliphatic rings. The molecular formula is C10H11N3O2. The van der Waals surface area contributed by atoms with E-state index in [1.165, 1.54) is 6.26 Å². The minimum atomic E-state index is 0.272. The van der Waals surface area contributed by atoms with Crippen LogP contribution in [0.1, 0.15) is 11.5 Å². The summed E-state index contributed by atoms with van der Waals surface area (Å²) in [6, 6.07) is 3.64. The zero-order valence-corrected chi connectivity index (χ0v) is 8.09. The fourth-order valence-electron chi connectivity index (χ4n) is 1.12. The van der Waals surface area contributed by atoms with Crippen molar-refractivity contribution in [2.45, 2.75) is 13.2 Å². The Hall–Kier alpha value is -1.88. The Morgan fingerprint density at radius 2 is 2.27 bits per heavy atom. The van der Waals surface area contributed by atoms with Crippen molar-refractivity contribution in [3.05, 3.63) is 42.2 Å². The van der Waals surface area contributed by atoms with Crippen LogP contribution in [0.15, 0.2) is 35.2 Å². The second-order valence-electron chi connectivity index (χ2n) is 2.92. The summed E-state index contributed by atoms with van der Waals surface area (Å²) in [6.07, 6.45) is 4.73. The lowest BCUT2D eigenvalue weighted by molar-refractivity contribution is 0.253. The largest absolute Gasteiger partial charge is 0.468 e. The monoisotopic (exact) mass is 205 g/mol. The molecule has 0 saturated carbocycles. The molecule has 0 bridgehead atoms. The van der Waals surface area contributed by atoms with Gasteiger partial charge >= 0.3 is 0 Å². The highest BCUT2D eigenvalue weighted by Crippen LogP contribution is 2.10. The van der Waals surface area contributed by atoms with E-state index in [-0.39, 0.29) is 6.61 Å². The van der Waals surface area contributed by atoms with E-state index < -0.39 is 0 Å². The molecule has 0 amide bonds. The van der Waals surface area contributed by atoms with Crippen LogP contribution in [0.5, 0.6) is 5.88 Å². The Balaban J connectivity index is 1.98. The zero-order chi connectivity index (χ0) is 10.5. The van der Waals surface area contributed by atoms with Crippen LogP contribution >= 0.6 is 0 Å². The van der Waals surface area contributed by atoms with E-state index in [0.717, 1.165) is 5.56 Å². The maximum atomic E-state index is 5.50. The van der Waals surface area contributed by atoms with Gasteiger partial charge in [-0.15, -0.1) is 0 Å². The van der Waals surface area contributed by atoms with Gasteiger partial charge in [-0.25, -0.2) is 9.97 Å². The molecule has 0 aliphatic carbocycles. The van der Waals surface area contributed by atoms with Crippen LogP contribution in [-0.2, 0) is 13.2 Å². The normalized spacial score (nSPS) is 10.2. The van der Waals surface area contributed by atoms with Gasteiger partial charge in [-0.05, 0) is 11.6 Å². The van der Waals surface area contributed by atoms with Gasteiger partial charge in [0, 0.05) is 18.8 Å². The first kappa shape index (κ1) is 9.67. The molecule has 2 heterocycles. The van der Waals surface area contributed by atoms with Gasteiger partial charge in [-0.3, -0.25) is 0 Å². The molecule has 0 saturated heterocycles. The van der Waals surface area contributed by atoms with Gasteiger partial charge in [0.05, 0.1) is 6.20 Å². The number of nitrogens with zero attached hydrogens (tertiary/aromatic N) is 2. The van der Waals surface area contributed by atoms with Crippen molar-refractivity contribution in [2.24, 2.45) is 5.73 Å². The van der Waals surface area contributed by atoms with E-state index in [0.29, 0.717) is 18.3 Å². The highest BCUT2D eigenvalue weighted by molar-refractivity contribution is 5.20. The molecule has 2 aromatic rings. The van der Waals surface area contributed by atoms with Crippen molar-refractivity contribution in [3.63, 3.8) is 0 Å². The molecule has 0 spiro atoms. The van der Waals surface area contributed by atoms with Gasteiger partial charge < -0.3 is 14.9 Å². The van der Waals surface area contributed by atoms with Crippen LogP contribution in [0.2, 0.25) is 0 Å². The Morgan fingerprint density at radius 3 is 3.00 bits per heavy atom.